The minimum Gasteiger partial charge on any atom is -0.496 e. The highest BCUT2D eigenvalue weighted by Gasteiger charge is 2.15. The largest absolute Gasteiger partial charge is 0.496 e. The lowest BCUT2D eigenvalue weighted by Crippen LogP contribution is -2.41. The lowest BCUT2D eigenvalue weighted by molar-refractivity contribution is 0.0844. The molecule has 0 aliphatic carbocycles. The third-order valence-corrected chi connectivity index (χ3v) is 4.11. The summed E-state index contributed by atoms with van der Waals surface area (Å²) in [5.41, 5.74) is 5.21. The van der Waals surface area contributed by atoms with Crippen LogP contribution in [0.2, 0.25) is 5.02 Å². The number of hydrazine groups is 1. The van der Waals surface area contributed by atoms with Crippen molar-refractivity contribution >= 4 is 23.4 Å². The second-order valence-electron chi connectivity index (χ2n) is 5.82. The quantitative estimate of drug-likeness (QED) is 0.516. The fourth-order valence-corrected chi connectivity index (χ4v) is 2.54. The molecule has 8 heteroatoms. The number of rotatable bonds is 8. The van der Waals surface area contributed by atoms with Crippen molar-refractivity contribution in [3.8, 4) is 17.2 Å². The van der Waals surface area contributed by atoms with Crippen LogP contribution in [0, 0.1) is 0 Å². The van der Waals surface area contributed by atoms with Crippen molar-refractivity contribution < 1.29 is 23.8 Å². The topological polar surface area (TPSA) is 85.9 Å². The van der Waals surface area contributed by atoms with Gasteiger partial charge in [0, 0.05) is 10.6 Å². The van der Waals surface area contributed by atoms with Gasteiger partial charge in [0.25, 0.3) is 11.8 Å². The van der Waals surface area contributed by atoms with Crippen molar-refractivity contribution in [2.45, 2.75) is 19.8 Å². The summed E-state index contributed by atoms with van der Waals surface area (Å²) in [6, 6.07) is 9.42. The molecule has 2 aromatic carbocycles. The molecule has 0 fully saturated rings. The Balaban J connectivity index is 2.04. The van der Waals surface area contributed by atoms with E-state index in [-0.39, 0.29) is 5.56 Å². The summed E-state index contributed by atoms with van der Waals surface area (Å²) in [6.45, 7) is 2.64. The number of carbonyl (C=O) groups excluding carboxylic acids is 2. The molecule has 0 aromatic heterocycles. The second kappa shape index (κ2) is 10.4. The number of hydrogen-bond donors (Lipinski definition) is 2. The van der Waals surface area contributed by atoms with Crippen LogP contribution in [0.4, 0.5) is 0 Å². The first kappa shape index (κ1) is 21.4. The van der Waals surface area contributed by atoms with E-state index in [1.165, 1.54) is 20.3 Å². The van der Waals surface area contributed by atoms with E-state index in [9.17, 15) is 9.59 Å². The molecule has 2 aromatic rings. The van der Waals surface area contributed by atoms with Crippen molar-refractivity contribution in [1.29, 1.82) is 0 Å². The third kappa shape index (κ3) is 5.53. The van der Waals surface area contributed by atoms with Crippen molar-refractivity contribution in [3.05, 3.63) is 52.5 Å². The summed E-state index contributed by atoms with van der Waals surface area (Å²) in [6.07, 6.45) is 1.93. The molecule has 0 saturated carbocycles. The zero-order valence-corrected chi connectivity index (χ0v) is 16.8. The SMILES string of the molecule is CCCCOc1ccc(C(=O)NNC(=O)c2cc(Cl)ccc2OC)cc1OC. The van der Waals surface area contributed by atoms with E-state index in [0.717, 1.165) is 12.8 Å². The fraction of sp³-hybridized carbons (Fsp3) is 0.300. The van der Waals surface area contributed by atoms with E-state index in [0.29, 0.717) is 34.4 Å². The molecule has 0 heterocycles. The Morgan fingerprint density at radius 3 is 2.29 bits per heavy atom. The minimum atomic E-state index is -0.556. The van der Waals surface area contributed by atoms with Gasteiger partial charge in [0.05, 0.1) is 26.4 Å². The minimum absolute atomic E-state index is 0.201. The van der Waals surface area contributed by atoms with Gasteiger partial charge in [-0.3, -0.25) is 20.4 Å². The number of methoxy groups -OCH3 is 2. The lowest BCUT2D eigenvalue weighted by atomic mass is 10.2. The van der Waals surface area contributed by atoms with Gasteiger partial charge < -0.3 is 14.2 Å². The maximum atomic E-state index is 12.4. The first-order valence-corrected chi connectivity index (χ1v) is 9.13. The Kier molecular flexibility index (Phi) is 7.95. The van der Waals surface area contributed by atoms with Crippen LogP contribution in [0.25, 0.3) is 0 Å². The van der Waals surface area contributed by atoms with Crippen molar-refractivity contribution in [2.24, 2.45) is 0 Å². The van der Waals surface area contributed by atoms with Crippen LogP contribution < -0.4 is 25.1 Å². The summed E-state index contributed by atoms with van der Waals surface area (Å²) < 4.78 is 16.1. The van der Waals surface area contributed by atoms with Crippen LogP contribution in [0.5, 0.6) is 17.2 Å². The fourth-order valence-electron chi connectivity index (χ4n) is 2.37. The average Bonchev–Trinajstić information content (AvgIpc) is 2.72. The van der Waals surface area contributed by atoms with Crippen LogP contribution in [-0.2, 0) is 0 Å². The molecule has 7 nitrogen and oxygen atoms in total. The Hall–Kier alpha value is -2.93. The van der Waals surface area contributed by atoms with Crippen LogP contribution in [0.3, 0.4) is 0 Å². The summed E-state index contributed by atoms with van der Waals surface area (Å²) in [4.78, 5) is 24.7. The van der Waals surface area contributed by atoms with Gasteiger partial charge in [-0.25, -0.2) is 0 Å². The standard InChI is InChI=1S/C20H23ClN2O5/c1-4-5-10-28-17-8-6-13(11-18(17)27-3)19(24)22-23-20(25)15-12-14(21)7-9-16(15)26-2/h6-9,11-12H,4-5,10H2,1-3H3,(H,22,24)(H,23,25). The molecule has 150 valence electrons. The Morgan fingerprint density at radius 2 is 1.61 bits per heavy atom. The molecule has 0 spiro atoms. The first-order chi connectivity index (χ1) is 13.5. The number of ether oxygens (including phenoxy) is 3. The molecule has 2 amide bonds. The van der Waals surface area contributed by atoms with E-state index in [1.807, 2.05) is 0 Å². The van der Waals surface area contributed by atoms with Gasteiger partial charge in [0.15, 0.2) is 11.5 Å². The molecule has 28 heavy (non-hydrogen) atoms. The summed E-state index contributed by atoms with van der Waals surface area (Å²) in [5.74, 6) is 0.269. The van der Waals surface area contributed by atoms with E-state index < -0.39 is 11.8 Å². The Morgan fingerprint density at radius 1 is 0.929 bits per heavy atom. The molecule has 0 atom stereocenters. The highest BCUT2D eigenvalue weighted by molar-refractivity contribution is 6.31. The summed E-state index contributed by atoms with van der Waals surface area (Å²) in [7, 11) is 2.94. The van der Waals surface area contributed by atoms with Gasteiger partial charge in [0.1, 0.15) is 5.75 Å². The monoisotopic (exact) mass is 406 g/mol. The molecule has 0 radical (unpaired) electrons. The molecule has 0 aliphatic rings. The predicted molar refractivity (Wildman–Crippen MR) is 106 cm³/mol. The summed E-state index contributed by atoms with van der Waals surface area (Å²) in [5, 5.41) is 0.376. The maximum Gasteiger partial charge on any atom is 0.273 e. The van der Waals surface area contributed by atoms with Crippen LogP contribution >= 0.6 is 11.6 Å². The van der Waals surface area contributed by atoms with E-state index in [1.54, 1.807) is 30.3 Å². The molecule has 0 saturated heterocycles. The highest BCUT2D eigenvalue weighted by atomic mass is 35.5. The molecule has 0 aliphatic heterocycles. The lowest BCUT2D eigenvalue weighted by Gasteiger charge is -2.13. The molecule has 0 unspecified atom stereocenters. The van der Waals surface area contributed by atoms with Gasteiger partial charge in [-0.1, -0.05) is 24.9 Å². The normalized spacial score (nSPS) is 10.1. The number of benzene rings is 2. The maximum absolute atomic E-state index is 12.4. The van der Waals surface area contributed by atoms with E-state index in [4.69, 9.17) is 25.8 Å². The zero-order valence-electron chi connectivity index (χ0n) is 16.0. The number of carbonyl (C=O) groups is 2. The molecule has 2 rings (SSSR count). The van der Waals surface area contributed by atoms with Crippen LogP contribution in [0.15, 0.2) is 36.4 Å². The van der Waals surface area contributed by atoms with Crippen molar-refractivity contribution in [3.63, 3.8) is 0 Å². The van der Waals surface area contributed by atoms with Gasteiger partial charge in [-0.2, -0.15) is 0 Å². The van der Waals surface area contributed by atoms with Crippen LogP contribution in [0.1, 0.15) is 40.5 Å². The highest BCUT2D eigenvalue weighted by Crippen LogP contribution is 2.28. The Bertz CT molecular complexity index is 841. The number of unbranched alkanes of at least 4 members (excludes halogenated alkanes) is 1. The van der Waals surface area contributed by atoms with E-state index >= 15 is 0 Å². The van der Waals surface area contributed by atoms with E-state index in [2.05, 4.69) is 17.8 Å². The summed E-state index contributed by atoms with van der Waals surface area (Å²) >= 11 is 5.92. The predicted octanol–water partition coefficient (Wildman–Crippen LogP) is 3.61. The average molecular weight is 407 g/mol. The third-order valence-electron chi connectivity index (χ3n) is 3.88. The van der Waals surface area contributed by atoms with Gasteiger partial charge in [-0.05, 0) is 42.8 Å². The number of amides is 2. The van der Waals surface area contributed by atoms with Crippen molar-refractivity contribution in [2.75, 3.05) is 20.8 Å². The Labute approximate surface area is 168 Å². The van der Waals surface area contributed by atoms with Gasteiger partial charge in [0.2, 0.25) is 0 Å². The zero-order chi connectivity index (χ0) is 20.5. The number of halogens is 1. The molecule has 0 bridgehead atoms. The smallest absolute Gasteiger partial charge is 0.273 e. The number of hydrogen-bond acceptors (Lipinski definition) is 5. The molecular formula is C20H23ClN2O5. The van der Waals surface area contributed by atoms with Gasteiger partial charge >= 0.3 is 0 Å². The van der Waals surface area contributed by atoms with Crippen LogP contribution in [-0.4, -0.2) is 32.6 Å². The number of nitrogens with one attached hydrogen (secondary N) is 2. The van der Waals surface area contributed by atoms with Crippen molar-refractivity contribution in [1.82, 2.24) is 10.9 Å². The second-order valence-corrected chi connectivity index (χ2v) is 6.26. The molecule has 2 N–H and O–H groups in total. The molecular weight excluding hydrogens is 384 g/mol. The first-order valence-electron chi connectivity index (χ1n) is 8.75. The van der Waals surface area contributed by atoms with Gasteiger partial charge in [-0.15, -0.1) is 0 Å².